The van der Waals surface area contributed by atoms with Crippen molar-refractivity contribution in [3.05, 3.63) is 137 Å². The van der Waals surface area contributed by atoms with Crippen molar-refractivity contribution < 1.29 is 8.83 Å². The number of furan rings is 2. The van der Waals surface area contributed by atoms with Crippen LogP contribution in [0.4, 0.5) is 28.6 Å². The number of hydrogen-bond donors (Lipinski definition) is 1. The molecule has 0 bridgehead atoms. The van der Waals surface area contributed by atoms with Gasteiger partial charge in [-0.1, -0.05) is 120 Å². The number of hydrogen-bond acceptors (Lipinski definition) is 4. The Labute approximate surface area is 323 Å². The summed E-state index contributed by atoms with van der Waals surface area (Å²) in [6.45, 7) is 16.6. The summed E-state index contributed by atoms with van der Waals surface area (Å²) in [6.07, 6.45) is 2.32. The Morgan fingerprint density at radius 3 is 2.04 bits per heavy atom. The van der Waals surface area contributed by atoms with Crippen LogP contribution >= 0.6 is 0 Å². The molecule has 3 aliphatic rings. The van der Waals surface area contributed by atoms with E-state index < -0.39 is 0 Å². The number of benzene rings is 6. The molecule has 4 nitrogen and oxygen atoms in total. The van der Waals surface area contributed by atoms with E-state index in [9.17, 15) is 0 Å². The maximum Gasteiger partial charge on any atom is 0.203 e. The Morgan fingerprint density at radius 2 is 1.25 bits per heavy atom. The van der Waals surface area contributed by atoms with E-state index in [4.69, 9.17) is 8.83 Å². The largest absolute Gasteiger partial charge is 0.456 e. The number of anilines is 5. The summed E-state index contributed by atoms with van der Waals surface area (Å²) in [7, 11) is 2.38. The van der Waals surface area contributed by atoms with Crippen LogP contribution < -0.4 is 21.1 Å². The van der Waals surface area contributed by atoms with Crippen LogP contribution in [0.25, 0.3) is 44.0 Å². The van der Waals surface area contributed by atoms with Gasteiger partial charge in [0.15, 0.2) is 5.88 Å². The molecule has 11 rings (SSSR count). The minimum absolute atomic E-state index is 0.0421. The molecule has 0 fully saturated rings. The van der Waals surface area contributed by atoms with Crippen molar-refractivity contribution in [3.8, 4) is 11.1 Å². The van der Waals surface area contributed by atoms with E-state index in [2.05, 4.69) is 175 Å². The lowest BCUT2D eigenvalue weighted by Gasteiger charge is -2.43. The smallest absolute Gasteiger partial charge is 0.203 e. The number of para-hydroxylation sites is 4. The summed E-state index contributed by atoms with van der Waals surface area (Å²) in [6, 6.07) is 39.7. The molecule has 1 aliphatic carbocycles. The SMILES string of the molecule is Cc1cc2c(cc1N1c3cc4oc5ccccc5c4c(-c4cccc5c4Nc4ccccc4C5(C)C)c3[B]c3c1oc1ccccc31)C(C)(C)CCC2(C)C. The second-order valence-electron chi connectivity index (χ2n) is 17.9. The number of rotatable bonds is 2. The summed E-state index contributed by atoms with van der Waals surface area (Å²) < 4.78 is 13.8. The zero-order valence-corrected chi connectivity index (χ0v) is 32.6. The first-order valence-corrected chi connectivity index (χ1v) is 19.7. The molecule has 6 aromatic carbocycles. The minimum Gasteiger partial charge on any atom is -0.456 e. The summed E-state index contributed by atoms with van der Waals surface area (Å²) in [4.78, 5) is 2.40. The molecule has 0 amide bonds. The molecule has 1 N–H and O–H groups in total. The van der Waals surface area contributed by atoms with Gasteiger partial charge in [-0.05, 0) is 99.2 Å². The average Bonchev–Trinajstić information content (AvgIpc) is 3.73. The van der Waals surface area contributed by atoms with Crippen molar-refractivity contribution in [2.75, 3.05) is 10.2 Å². The standard InChI is InChI=1S/C50H44BN2O2/c1-28-25-34-35(49(4,5)24-23-48(34,2)3)26-37(28)53-38-27-41-42(29-15-8-12-21-39(29)54-41)43(45(38)51-44-30-16-9-13-22-40(30)55-47(44)53)31-17-14-19-33-46(31)52-36-20-11-10-18-32(36)50(33,6)7/h8-22,25-27,52H,23-24H2,1-7H3. The summed E-state index contributed by atoms with van der Waals surface area (Å²) in [5.74, 6) is 0.842. The van der Waals surface area contributed by atoms with Gasteiger partial charge in [-0.25, -0.2) is 0 Å². The third-order valence-corrected chi connectivity index (χ3v) is 13.3. The lowest BCUT2D eigenvalue weighted by Crippen LogP contribution is -2.41. The number of fused-ring (bicyclic) bond motifs is 10. The minimum atomic E-state index is -0.204. The summed E-state index contributed by atoms with van der Waals surface area (Å²) >= 11 is 0. The van der Waals surface area contributed by atoms with E-state index in [-0.39, 0.29) is 16.2 Å². The maximum atomic E-state index is 6.93. The predicted molar refractivity (Wildman–Crippen MR) is 231 cm³/mol. The van der Waals surface area contributed by atoms with Crippen molar-refractivity contribution in [3.63, 3.8) is 0 Å². The fourth-order valence-electron chi connectivity index (χ4n) is 10.1. The van der Waals surface area contributed by atoms with Gasteiger partial charge in [0.1, 0.15) is 16.7 Å². The average molecular weight is 716 g/mol. The molecule has 5 heteroatoms. The van der Waals surface area contributed by atoms with E-state index in [1.165, 1.54) is 34.2 Å². The zero-order chi connectivity index (χ0) is 37.6. The Balaban J connectivity index is 1.27. The molecular formula is C50H44BN2O2. The molecule has 0 saturated heterocycles. The van der Waals surface area contributed by atoms with Crippen LogP contribution in [0.1, 0.15) is 82.2 Å². The van der Waals surface area contributed by atoms with Crippen LogP contribution in [0.5, 0.6) is 0 Å². The molecule has 0 spiro atoms. The van der Waals surface area contributed by atoms with Gasteiger partial charge in [0.05, 0.1) is 11.4 Å². The first-order chi connectivity index (χ1) is 26.4. The highest BCUT2D eigenvalue weighted by Crippen LogP contribution is 2.53. The van der Waals surface area contributed by atoms with Gasteiger partial charge < -0.3 is 14.2 Å². The van der Waals surface area contributed by atoms with Gasteiger partial charge in [-0.15, -0.1) is 0 Å². The van der Waals surface area contributed by atoms with E-state index in [0.717, 1.165) is 90.0 Å². The molecule has 2 aromatic heterocycles. The fraction of sp³-hybridized carbons (Fsp3) is 0.240. The Bertz CT molecular complexity index is 2940. The van der Waals surface area contributed by atoms with Gasteiger partial charge in [0.2, 0.25) is 7.28 Å². The number of aryl methyl sites for hydroxylation is 1. The van der Waals surface area contributed by atoms with Crippen LogP contribution in [0, 0.1) is 6.92 Å². The molecule has 8 aromatic rings. The van der Waals surface area contributed by atoms with Crippen molar-refractivity contribution in [1.82, 2.24) is 0 Å². The lowest BCUT2D eigenvalue weighted by atomic mass is 9.58. The third kappa shape index (κ3) is 4.47. The van der Waals surface area contributed by atoms with Crippen molar-refractivity contribution >= 4 is 79.7 Å². The molecule has 0 saturated carbocycles. The number of nitrogens with zero attached hydrogens (tertiary/aromatic N) is 1. The molecule has 1 radical (unpaired) electrons. The van der Waals surface area contributed by atoms with E-state index in [0.29, 0.717) is 0 Å². The molecular weight excluding hydrogens is 671 g/mol. The summed E-state index contributed by atoms with van der Waals surface area (Å²) in [5.41, 5.74) is 18.3. The molecule has 269 valence electrons. The first-order valence-electron chi connectivity index (χ1n) is 19.7. The normalized spacial score (nSPS) is 17.2. The van der Waals surface area contributed by atoms with Crippen LogP contribution in [0.3, 0.4) is 0 Å². The van der Waals surface area contributed by atoms with Gasteiger partial charge >= 0.3 is 0 Å². The highest BCUT2D eigenvalue weighted by atomic mass is 16.4. The second-order valence-corrected chi connectivity index (χ2v) is 17.9. The van der Waals surface area contributed by atoms with Gasteiger partial charge in [0.25, 0.3) is 0 Å². The highest BCUT2D eigenvalue weighted by Gasteiger charge is 2.41. The quantitative estimate of drug-likeness (QED) is 0.181. The number of nitrogens with one attached hydrogen (secondary N) is 1. The summed E-state index contributed by atoms with van der Waals surface area (Å²) in [5, 5.41) is 7.29. The zero-order valence-electron chi connectivity index (χ0n) is 32.6. The Kier molecular flexibility index (Phi) is 6.53. The van der Waals surface area contributed by atoms with E-state index >= 15 is 0 Å². The highest BCUT2D eigenvalue weighted by molar-refractivity contribution is 6.76. The first kappa shape index (κ1) is 32.7. The lowest BCUT2D eigenvalue weighted by molar-refractivity contribution is 0.332. The van der Waals surface area contributed by atoms with Crippen molar-refractivity contribution in [2.45, 2.75) is 77.6 Å². The van der Waals surface area contributed by atoms with Crippen molar-refractivity contribution in [2.24, 2.45) is 0 Å². The van der Waals surface area contributed by atoms with E-state index in [1.54, 1.807) is 0 Å². The second kappa shape index (κ2) is 11.0. The molecule has 4 heterocycles. The van der Waals surface area contributed by atoms with Crippen molar-refractivity contribution in [1.29, 1.82) is 0 Å². The topological polar surface area (TPSA) is 41.6 Å². The monoisotopic (exact) mass is 715 g/mol. The van der Waals surface area contributed by atoms with Gasteiger partial charge in [0, 0.05) is 44.6 Å². The maximum absolute atomic E-state index is 6.93. The van der Waals surface area contributed by atoms with Gasteiger partial charge in [-0.2, -0.15) is 0 Å². The fourth-order valence-corrected chi connectivity index (χ4v) is 10.1. The molecule has 2 aliphatic heterocycles. The van der Waals surface area contributed by atoms with Crippen LogP contribution in [0.2, 0.25) is 0 Å². The predicted octanol–water partition coefficient (Wildman–Crippen LogP) is 12.5. The van der Waals surface area contributed by atoms with Crippen LogP contribution in [0.15, 0.2) is 118 Å². The molecule has 55 heavy (non-hydrogen) atoms. The van der Waals surface area contributed by atoms with Crippen LogP contribution in [-0.2, 0) is 16.2 Å². The van der Waals surface area contributed by atoms with E-state index in [1.807, 2.05) is 0 Å². The Morgan fingerprint density at radius 1 is 0.600 bits per heavy atom. The Hall–Kier alpha value is -5.68. The van der Waals surface area contributed by atoms with Crippen LogP contribution in [-0.4, -0.2) is 7.28 Å². The molecule has 0 unspecified atom stereocenters. The third-order valence-electron chi connectivity index (χ3n) is 13.3. The van der Waals surface area contributed by atoms with Gasteiger partial charge in [-0.3, -0.25) is 4.90 Å². The molecule has 0 atom stereocenters.